The number of carbonyl (C=O) groups is 1. The van der Waals surface area contributed by atoms with Crippen molar-refractivity contribution in [3.8, 4) is 0 Å². The van der Waals surface area contributed by atoms with E-state index in [1.54, 1.807) is 0 Å². The first-order valence-corrected chi connectivity index (χ1v) is 22.8. The summed E-state index contributed by atoms with van der Waals surface area (Å²) in [5, 5.41) is 71.8. The summed E-state index contributed by atoms with van der Waals surface area (Å²) in [6.45, 7) is 3.61. The van der Waals surface area contributed by atoms with Crippen LogP contribution in [0.1, 0.15) is 162 Å². The van der Waals surface area contributed by atoms with Crippen molar-refractivity contribution in [3.63, 3.8) is 0 Å². The third kappa shape index (κ3) is 22.0. The molecule has 0 bridgehead atoms. The summed E-state index contributed by atoms with van der Waals surface area (Å²) in [7, 11) is 0. The summed E-state index contributed by atoms with van der Waals surface area (Å²) < 4.78 is 34.1. The standard InChI is InChI=1S/C44H82O14/c1-3-5-7-9-11-13-15-16-17-19-21-23-25-27-36(46)56-33(30-53-28-26-24-22-20-18-14-12-10-8-6-4-2)31-54-43-42(52)40(50)38(48)35(58-43)32-55-44-41(51)39(49)37(47)34(29-45)57-44/h8,10,33-35,37-45,47-52H,3-7,9,11-32H2,1-2H3/b10-8-. The maximum absolute atomic E-state index is 12.9. The topological polar surface area (TPSA) is 214 Å². The maximum atomic E-state index is 12.9. The normalized spacial score (nSPS) is 28.3. The molecule has 2 saturated heterocycles. The van der Waals surface area contributed by atoms with Crippen molar-refractivity contribution in [2.24, 2.45) is 0 Å². The Labute approximate surface area is 348 Å². The fourth-order valence-electron chi connectivity index (χ4n) is 7.23. The summed E-state index contributed by atoms with van der Waals surface area (Å²) in [6.07, 6.45) is 14.3. The van der Waals surface area contributed by atoms with Gasteiger partial charge in [0.05, 0.1) is 26.4 Å². The van der Waals surface area contributed by atoms with Crippen LogP contribution in [0.25, 0.3) is 0 Å². The maximum Gasteiger partial charge on any atom is 0.306 e. The average Bonchev–Trinajstić information content (AvgIpc) is 3.22. The van der Waals surface area contributed by atoms with Crippen LogP contribution in [0.3, 0.4) is 0 Å². The number of carbonyl (C=O) groups excluding carboxylic acids is 1. The monoisotopic (exact) mass is 835 g/mol. The molecule has 2 aliphatic heterocycles. The number of allylic oxidation sites excluding steroid dienone is 2. The molecule has 0 aromatic heterocycles. The van der Waals surface area contributed by atoms with Crippen LogP contribution in [0.15, 0.2) is 12.2 Å². The zero-order chi connectivity index (χ0) is 42.4. The van der Waals surface area contributed by atoms with Crippen LogP contribution in [-0.2, 0) is 33.2 Å². The molecule has 0 aromatic rings. The first-order chi connectivity index (χ1) is 28.1. The fourth-order valence-corrected chi connectivity index (χ4v) is 7.23. The predicted octanol–water partition coefficient (Wildman–Crippen LogP) is 5.12. The number of aliphatic hydroxyl groups excluding tert-OH is 7. The highest BCUT2D eigenvalue weighted by Gasteiger charge is 2.47. The molecule has 2 aliphatic rings. The van der Waals surface area contributed by atoms with Gasteiger partial charge in [-0.15, -0.1) is 0 Å². The molecule has 0 spiro atoms. The number of hydrogen-bond donors (Lipinski definition) is 7. The van der Waals surface area contributed by atoms with Gasteiger partial charge in [0.2, 0.25) is 0 Å². The van der Waals surface area contributed by atoms with Gasteiger partial charge in [-0.3, -0.25) is 4.79 Å². The summed E-state index contributed by atoms with van der Waals surface area (Å²) in [6, 6.07) is 0. The average molecular weight is 835 g/mol. The van der Waals surface area contributed by atoms with Gasteiger partial charge >= 0.3 is 5.97 Å². The van der Waals surface area contributed by atoms with Crippen molar-refractivity contribution in [1.29, 1.82) is 0 Å². The zero-order valence-electron chi connectivity index (χ0n) is 35.8. The van der Waals surface area contributed by atoms with E-state index in [1.807, 2.05) is 0 Å². The van der Waals surface area contributed by atoms with Gasteiger partial charge in [0.25, 0.3) is 0 Å². The van der Waals surface area contributed by atoms with Gasteiger partial charge < -0.3 is 64.2 Å². The molecule has 2 fully saturated rings. The van der Waals surface area contributed by atoms with Crippen molar-refractivity contribution in [3.05, 3.63) is 12.2 Å². The van der Waals surface area contributed by atoms with Crippen molar-refractivity contribution in [2.75, 3.05) is 33.0 Å². The van der Waals surface area contributed by atoms with E-state index in [9.17, 15) is 40.5 Å². The molecule has 2 rings (SSSR count). The van der Waals surface area contributed by atoms with E-state index in [1.165, 1.54) is 83.5 Å². The molecule has 58 heavy (non-hydrogen) atoms. The minimum Gasteiger partial charge on any atom is -0.457 e. The van der Waals surface area contributed by atoms with Gasteiger partial charge in [-0.05, 0) is 32.1 Å². The predicted molar refractivity (Wildman–Crippen MR) is 220 cm³/mol. The molecular formula is C44H82O14. The van der Waals surface area contributed by atoms with Crippen molar-refractivity contribution in [1.82, 2.24) is 0 Å². The lowest BCUT2D eigenvalue weighted by Gasteiger charge is -2.42. The lowest BCUT2D eigenvalue weighted by atomic mass is 9.98. The summed E-state index contributed by atoms with van der Waals surface area (Å²) >= 11 is 0. The van der Waals surface area contributed by atoms with Crippen LogP contribution in [0.4, 0.5) is 0 Å². The molecule has 2 heterocycles. The molecule has 11 unspecified atom stereocenters. The van der Waals surface area contributed by atoms with Gasteiger partial charge in [0.1, 0.15) is 54.9 Å². The summed E-state index contributed by atoms with van der Waals surface area (Å²) in [5.41, 5.74) is 0. The Hall–Kier alpha value is -1.27. The number of rotatable bonds is 35. The quantitative estimate of drug-likeness (QED) is 0.0251. The summed E-state index contributed by atoms with van der Waals surface area (Å²) in [4.78, 5) is 12.9. The fraction of sp³-hybridized carbons (Fsp3) is 0.932. The Morgan fingerprint density at radius 1 is 0.552 bits per heavy atom. The minimum absolute atomic E-state index is 0.0616. The lowest BCUT2D eigenvalue weighted by molar-refractivity contribution is -0.332. The van der Waals surface area contributed by atoms with Crippen LogP contribution in [-0.4, -0.2) is 142 Å². The number of aliphatic hydroxyl groups is 7. The van der Waals surface area contributed by atoms with Crippen LogP contribution in [0, 0.1) is 0 Å². The highest BCUT2D eigenvalue weighted by Crippen LogP contribution is 2.26. The zero-order valence-corrected chi connectivity index (χ0v) is 35.8. The third-order valence-electron chi connectivity index (χ3n) is 11.0. The number of esters is 1. The third-order valence-corrected chi connectivity index (χ3v) is 11.0. The highest BCUT2D eigenvalue weighted by molar-refractivity contribution is 5.69. The molecule has 14 heteroatoms. The summed E-state index contributed by atoms with van der Waals surface area (Å²) in [5.74, 6) is -0.379. The number of unbranched alkanes of at least 4 members (excludes halogenated alkanes) is 19. The van der Waals surface area contributed by atoms with E-state index in [-0.39, 0.29) is 25.6 Å². The number of hydrogen-bond acceptors (Lipinski definition) is 14. The molecule has 11 atom stereocenters. The molecular weight excluding hydrogens is 752 g/mol. The van der Waals surface area contributed by atoms with E-state index >= 15 is 0 Å². The van der Waals surface area contributed by atoms with E-state index in [2.05, 4.69) is 26.0 Å². The molecule has 0 radical (unpaired) electrons. The van der Waals surface area contributed by atoms with Crippen LogP contribution in [0.2, 0.25) is 0 Å². The largest absolute Gasteiger partial charge is 0.457 e. The van der Waals surface area contributed by atoms with Crippen LogP contribution in [0.5, 0.6) is 0 Å². The first-order valence-electron chi connectivity index (χ1n) is 22.8. The van der Waals surface area contributed by atoms with Crippen molar-refractivity contribution >= 4 is 5.97 Å². The minimum atomic E-state index is -1.70. The Bertz CT molecular complexity index is 1020. The second-order valence-corrected chi connectivity index (χ2v) is 16.2. The molecule has 7 N–H and O–H groups in total. The Kier molecular flexibility index (Phi) is 30.4. The van der Waals surface area contributed by atoms with Crippen LogP contribution >= 0.6 is 0 Å². The molecule has 0 saturated carbocycles. The highest BCUT2D eigenvalue weighted by atomic mass is 16.7. The van der Waals surface area contributed by atoms with Gasteiger partial charge in [-0.1, -0.05) is 135 Å². The van der Waals surface area contributed by atoms with E-state index < -0.39 is 80.7 Å². The Morgan fingerprint density at radius 2 is 1.05 bits per heavy atom. The van der Waals surface area contributed by atoms with Gasteiger partial charge in [-0.25, -0.2) is 0 Å². The molecule has 0 aromatic carbocycles. The first kappa shape index (κ1) is 52.9. The van der Waals surface area contributed by atoms with E-state index in [0.717, 1.165) is 51.4 Å². The smallest absolute Gasteiger partial charge is 0.306 e. The number of ether oxygens (including phenoxy) is 6. The van der Waals surface area contributed by atoms with Crippen molar-refractivity contribution < 1.29 is 69.0 Å². The molecule has 0 amide bonds. The Balaban J connectivity index is 1.82. The lowest BCUT2D eigenvalue weighted by Crippen LogP contribution is -2.61. The molecule has 14 nitrogen and oxygen atoms in total. The second-order valence-electron chi connectivity index (χ2n) is 16.2. The van der Waals surface area contributed by atoms with Crippen molar-refractivity contribution in [2.45, 2.75) is 229 Å². The Morgan fingerprint density at radius 3 is 1.64 bits per heavy atom. The SMILES string of the molecule is CCC/C=C\CCCCCCCCOCC(COC1OC(COC2OC(CO)C(O)C(O)C2O)C(O)C(O)C1O)OC(=O)CCCCCCCCCCCCCCC. The molecule has 0 aliphatic carbocycles. The molecule has 342 valence electrons. The second kappa shape index (κ2) is 33.4. The van der Waals surface area contributed by atoms with E-state index in [0.29, 0.717) is 13.0 Å². The van der Waals surface area contributed by atoms with Gasteiger partial charge in [0.15, 0.2) is 12.6 Å². The van der Waals surface area contributed by atoms with Gasteiger partial charge in [0, 0.05) is 13.0 Å². The van der Waals surface area contributed by atoms with E-state index in [4.69, 9.17) is 28.4 Å². The van der Waals surface area contributed by atoms with Crippen LogP contribution < -0.4 is 0 Å². The van der Waals surface area contributed by atoms with Gasteiger partial charge in [-0.2, -0.15) is 0 Å².